The Morgan fingerprint density at radius 3 is 2.37 bits per heavy atom. The molecule has 49 heavy (non-hydrogen) atoms. The first-order valence-corrected chi connectivity index (χ1v) is 16.2. The quantitative estimate of drug-likeness (QED) is 0.225. The molecule has 6 rings (SSSR count). The standard InChI is InChI=1S/C37H42N8O4/c1-23-7-10-28(33(46)32(23)45-14-13-24-19-26(41(4)5)8-11-29(24)34(45)47)25-20-30(35(48)42(6)22-25)40-31-12-9-27(21-39-31)43-15-17-44(18-16-43)37(2,3)36(38)49/h7-14,19-22,46H,15-18H2,1-6H3,(H2,38,49)(H,39,40). The lowest BCUT2D eigenvalue weighted by Gasteiger charge is -2.42. The van der Waals surface area contributed by atoms with Crippen molar-refractivity contribution in [3.63, 3.8) is 0 Å². The third kappa shape index (κ3) is 6.22. The maximum atomic E-state index is 13.7. The first kappa shape index (κ1) is 33.3. The molecule has 4 N–H and O–H groups in total. The molecule has 0 atom stereocenters. The zero-order valence-electron chi connectivity index (χ0n) is 28.7. The molecule has 1 aliphatic heterocycles. The number of carbonyl (C=O) groups excluding carboxylic acids is 1. The number of fused-ring (bicyclic) bond motifs is 1. The summed E-state index contributed by atoms with van der Waals surface area (Å²) in [7, 11) is 5.54. The smallest absolute Gasteiger partial charge is 0.274 e. The van der Waals surface area contributed by atoms with Gasteiger partial charge in [0.15, 0.2) is 0 Å². The molecule has 0 aliphatic carbocycles. The van der Waals surface area contributed by atoms with Crippen LogP contribution in [0.5, 0.6) is 5.75 Å². The zero-order chi connectivity index (χ0) is 35.2. The summed E-state index contributed by atoms with van der Waals surface area (Å²) in [4.78, 5) is 49.6. The first-order valence-electron chi connectivity index (χ1n) is 16.2. The van der Waals surface area contributed by atoms with Gasteiger partial charge in [-0.2, -0.15) is 0 Å². The number of carbonyl (C=O) groups is 1. The van der Waals surface area contributed by atoms with Crippen molar-refractivity contribution in [3.05, 3.63) is 99.5 Å². The minimum atomic E-state index is -0.708. The summed E-state index contributed by atoms with van der Waals surface area (Å²) < 4.78 is 2.92. The summed E-state index contributed by atoms with van der Waals surface area (Å²) in [5, 5.41) is 16.2. The zero-order valence-corrected chi connectivity index (χ0v) is 28.7. The van der Waals surface area contributed by atoms with Crippen LogP contribution < -0.4 is 32.0 Å². The van der Waals surface area contributed by atoms with E-state index in [0.29, 0.717) is 41.1 Å². The molecule has 1 amide bonds. The number of phenols is 1. The van der Waals surface area contributed by atoms with Crippen molar-refractivity contribution in [1.82, 2.24) is 19.0 Å². The van der Waals surface area contributed by atoms with E-state index in [9.17, 15) is 19.5 Å². The van der Waals surface area contributed by atoms with Crippen LogP contribution in [0.1, 0.15) is 19.4 Å². The number of benzene rings is 2. The predicted octanol–water partition coefficient (Wildman–Crippen LogP) is 3.96. The van der Waals surface area contributed by atoms with Crippen LogP contribution >= 0.6 is 0 Å². The molecule has 0 unspecified atom stereocenters. The van der Waals surface area contributed by atoms with Crippen LogP contribution in [0, 0.1) is 6.92 Å². The van der Waals surface area contributed by atoms with Crippen LogP contribution in [0.2, 0.25) is 0 Å². The maximum Gasteiger partial charge on any atom is 0.274 e. The van der Waals surface area contributed by atoms with Gasteiger partial charge in [-0.1, -0.05) is 12.1 Å². The molecule has 1 saturated heterocycles. The van der Waals surface area contributed by atoms with Crippen molar-refractivity contribution >= 4 is 39.6 Å². The second-order valence-corrected chi connectivity index (χ2v) is 13.3. The second-order valence-electron chi connectivity index (χ2n) is 13.3. The van der Waals surface area contributed by atoms with Crippen LogP contribution in [0.15, 0.2) is 82.8 Å². The number of aryl methyl sites for hydroxylation is 2. The minimum absolute atomic E-state index is 0.0715. The lowest BCUT2D eigenvalue weighted by atomic mass is 10.0. The number of aromatic hydroxyl groups is 1. The lowest BCUT2D eigenvalue weighted by Crippen LogP contribution is -2.59. The number of phenolic OH excluding ortho intramolecular Hbond substituents is 1. The van der Waals surface area contributed by atoms with Crippen LogP contribution in [-0.4, -0.2) is 75.8 Å². The number of piperazine rings is 1. The van der Waals surface area contributed by atoms with Gasteiger partial charge in [-0.05, 0) is 74.2 Å². The highest BCUT2D eigenvalue weighted by Crippen LogP contribution is 2.37. The summed E-state index contributed by atoms with van der Waals surface area (Å²) in [5.41, 5.74) is 8.73. The van der Waals surface area contributed by atoms with Crippen molar-refractivity contribution in [1.29, 1.82) is 0 Å². The highest BCUT2D eigenvalue weighted by atomic mass is 16.3. The van der Waals surface area contributed by atoms with Gasteiger partial charge in [-0.3, -0.25) is 23.9 Å². The minimum Gasteiger partial charge on any atom is -0.505 e. The predicted molar refractivity (Wildman–Crippen MR) is 196 cm³/mol. The summed E-state index contributed by atoms with van der Waals surface area (Å²) in [6.45, 7) is 8.36. The summed E-state index contributed by atoms with van der Waals surface area (Å²) in [6, 6.07) is 16.6. The molecule has 0 bridgehead atoms. The molecule has 254 valence electrons. The van der Waals surface area contributed by atoms with E-state index in [1.807, 2.05) is 76.2 Å². The van der Waals surface area contributed by atoms with Crippen LogP contribution in [-0.2, 0) is 11.8 Å². The molecule has 2 aromatic carbocycles. The largest absolute Gasteiger partial charge is 0.505 e. The van der Waals surface area contributed by atoms with E-state index in [2.05, 4.69) is 20.1 Å². The maximum absolute atomic E-state index is 13.7. The Morgan fingerprint density at radius 2 is 1.71 bits per heavy atom. The summed E-state index contributed by atoms with van der Waals surface area (Å²) >= 11 is 0. The fraction of sp³-hybridized carbons (Fsp3) is 0.297. The molecule has 1 fully saturated rings. The van der Waals surface area contributed by atoms with E-state index in [1.165, 1.54) is 9.13 Å². The number of anilines is 4. The van der Waals surface area contributed by atoms with Gasteiger partial charge in [0, 0.05) is 81.9 Å². The van der Waals surface area contributed by atoms with Gasteiger partial charge in [0.25, 0.3) is 11.1 Å². The number of hydrogen-bond donors (Lipinski definition) is 3. The first-order chi connectivity index (χ1) is 23.3. The number of pyridine rings is 3. The van der Waals surface area contributed by atoms with Crippen molar-refractivity contribution in [2.75, 3.05) is 55.4 Å². The summed E-state index contributed by atoms with van der Waals surface area (Å²) in [6.07, 6.45) is 5.09. The van der Waals surface area contributed by atoms with Gasteiger partial charge in [0.2, 0.25) is 5.91 Å². The Labute approximate surface area is 284 Å². The molecule has 12 heteroatoms. The van der Waals surface area contributed by atoms with Crippen LogP contribution in [0.25, 0.3) is 27.6 Å². The Hall–Kier alpha value is -5.62. The molecule has 0 saturated carbocycles. The van der Waals surface area contributed by atoms with Crippen molar-refractivity contribution < 1.29 is 9.90 Å². The SMILES string of the molecule is Cc1ccc(-c2cc(Nc3ccc(N4CCN(C(C)(C)C(N)=O)CC4)cn3)c(=O)n(C)c2)c(O)c1-n1ccc2cc(N(C)C)ccc2c1=O. The average molecular weight is 663 g/mol. The lowest BCUT2D eigenvalue weighted by molar-refractivity contribution is -0.128. The normalized spacial score (nSPS) is 13.9. The van der Waals surface area contributed by atoms with E-state index in [4.69, 9.17) is 5.73 Å². The fourth-order valence-corrected chi connectivity index (χ4v) is 6.32. The molecule has 4 heterocycles. The van der Waals surface area contributed by atoms with E-state index in [0.717, 1.165) is 35.4 Å². The molecular weight excluding hydrogens is 620 g/mol. The van der Waals surface area contributed by atoms with Crippen molar-refractivity contribution in [2.24, 2.45) is 12.8 Å². The topological polar surface area (TPSA) is 142 Å². The van der Waals surface area contributed by atoms with E-state index in [1.54, 1.807) is 43.8 Å². The number of nitrogens with two attached hydrogens (primary N) is 1. The van der Waals surface area contributed by atoms with Gasteiger partial charge >= 0.3 is 0 Å². The highest BCUT2D eigenvalue weighted by molar-refractivity contribution is 5.86. The van der Waals surface area contributed by atoms with Gasteiger partial charge in [0.1, 0.15) is 17.3 Å². The van der Waals surface area contributed by atoms with Crippen LogP contribution in [0.4, 0.5) is 22.9 Å². The van der Waals surface area contributed by atoms with Gasteiger partial charge in [-0.25, -0.2) is 4.98 Å². The van der Waals surface area contributed by atoms with Crippen molar-refractivity contribution in [2.45, 2.75) is 26.3 Å². The van der Waals surface area contributed by atoms with Gasteiger partial charge in [-0.15, -0.1) is 0 Å². The summed E-state index contributed by atoms with van der Waals surface area (Å²) in [5.74, 6) is 0.0730. The number of amides is 1. The molecule has 3 aromatic heterocycles. The van der Waals surface area contributed by atoms with E-state index >= 15 is 0 Å². The highest BCUT2D eigenvalue weighted by Gasteiger charge is 2.34. The fourth-order valence-electron chi connectivity index (χ4n) is 6.32. The number of nitrogens with one attached hydrogen (secondary N) is 1. The molecule has 0 radical (unpaired) electrons. The molecular formula is C37H42N8O4. The molecule has 12 nitrogen and oxygen atoms in total. The number of primary amides is 1. The third-order valence-corrected chi connectivity index (χ3v) is 9.54. The number of aromatic nitrogens is 3. The Kier molecular flexibility index (Phi) is 8.68. The van der Waals surface area contributed by atoms with Gasteiger partial charge in [0.05, 0.1) is 23.1 Å². The number of hydrogen-bond acceptors (Lipinski definition) is 9. The Morgan fingerprint density at radius 1 is 0.980 bits per heavy atom. The van der Waals surface area contributed by atoms with E-state index in [-0.39, 0.29) is 28.5 Å². The molecule has 1 aliphatic rings. The third-order valence-electron chi connectivity index (χ3n) is 9.54. The molecule has 5 aromatic rings. The van der Waals surface area contributed by atoms with E-state index < -0.39 is 5.54 Å². The number of nitrogens with zero attached hydrogens (tertiary/aromatic N) is 6. The number of rotatable bonds is 8. The monoisotopic (exact) mass is 662 g/mol. The van der Waals surface area contributed by atoms with Crippen molar-refractivity contribution in [3.8, 4) is 22.6 Å². The average Bonchev–Trinajstić information content (AvgIpc) is 3.08. The Bertz CT molecular complexity index is 2180. The van der Waals surface area contributed by atoms with Crippen LogP contribution in [0.3, 0.4) is 0 Å². The second kappa shape index (κ2) is 12.8. The van der Waals surface area contributed by atoms with Gasteiger partial charge < -0.3 is 30.5 Å². The molecule has 0 spiro atoms. The Balaban J connectivity index is 1.27.